The molecule has 21 heavy (non-hydrogen) atoms. The van der Waals surface area contributed by atoms with E-state index in [4.69, 9.17) is 15.2 Å². The number of nitrogens with one attached hydrogen (secondary N) is 1. The topological polar surface area (TPSA) is 76.8 Å². The first kappa shape index (κ1) is 15.8. The van der Waals surface area contributed by atoms with Crippen LogP contribution < -0.4 is 15.8 Å². The summed E-state index contributed by atoms with van der Waals surface area (Å²) in [5, 5.41) is 2.69. The number of hydrogen-bond acceptors (Lipinski definition) is 5. The maximum atomic E-state index is 11.9. The highest BCUT2D eigenvalue weighted by atomic mass is 16.5. The molecule has 6 heteroatoms. The Balaban J connectivity index is 2.13. The number of rotatable bonds is 5. The summed E-state index contributed by atoms with van der Waals surface area (Å²) in [6.45, 7) is 2.94. The minimum absolute atomic E-state index is 0.0118. The number of nitrogens with two attached hydrogens (primary N) is 1. The van der Waals surface area contributed by atoms with Crippen molar-refractivity contribution in [2.75, 3.05) is 33.9 Å². The van der Waals surface area contributed by atoms with Crippen molar-refractivity contribution >= 4 is 5.91 Å². The molecule has 0 aliphatic carbocycles. The van der Waals surface area contributed by atoms with Crippen LogP contribution in [0.2, 0.25) is 0 Å². The van der Waals surface area contributed by atoms with E-state index in [1.165, 1.54) is 0 Å². The number of nitrogens with zero attached hydrogens (tertiary/aromatic N) is 1. The number of carbonyl (C=O) groups excluding carboxylic acids is 1. The van der Waals surface area contributed by atoms with Crippen molar-refractivity contribution in [2.45, 2.75) is 19.1 Å². The lowest BCUT2D eigenvalue weighted by Crippen LogP contribution is -2.52. The van der Waals surface area contributed by atoms with E-state index in [2.05, 4.69) is 10.2 Å². The Morgan fingerprint density at radius 2 is 2.38 bits per heavy atom. The number of ether oxygens (including phenoxy) is 2. The molecule has 1 atom stereocenters. The Bertz CT molecular complexity index is 493. The molecule has 0 radical (unpaired) electrons. The molecule has 1 fully saturated rings. The maximum Gasteiger partial charge on any atom is 0.239 e. The van der Waals surface area contributed by atoms with Crippen molar-refractivity contribution in [2.24, 2.45) is 5.73 Å². The van der Waals surface area contributed by atoms with Gasteiger partial charge in [-0.05, 0) is 17.7 Å². The summed E-state index contributed by atoms with van der Waals surface area (Å²) in [5.41, 5.74) is 7.84. The van der Waals surface area contributed by atoms with Crippen molar-refractivity contribution in [1.29, 1.82) is 0 Å². The molecule has 1 unspecified atom stereocenters. The summed E-state index contributed by atoms with van der Waals surface area (Å²) in [6.07, 6.45) is 0. The van der Waals surface area contributed by atoms with E-state index in [1.54, 1.807) is 14.2 Å². The van der Waals surface area contributed by atoms with Crippen LogP contribution in [0.25, 0.3) is 0 Å². The van der Waals surface area contributed by atoms with Gasteiger partial charge in [-0.2, -0.15) is 0 Å². The summed E-state index contributed by atoms with van der Waals surface area (Å²) in [6, 6.07) is 5.73. The Morgan fingerprint density at radius 3 is 3.05 bits per heavy atom. The first-order valence-corrected chi connectivity index (χ1v) is 7.08. The third-order valence-corrected chi connectivity index (χ3v) is 3.74. The fourth-order valence-electron chi connectivity index (χ4n) is 2.56. The van der Waals surface area contributed by atoms with Gasteiger partial charge in [0.1, 0.15) is 11.8 Å². The molecule has 1 aromatic carbocycles. The lowest BCUT2D eigenvalue weighted by Gasteiger charge is -2.34. The normalized spacial score (nSPS) is 19.3. The fourth-order valence-corrected chi connectivity index (χ4v) is 2.56. The second-order valence-corrected chi connectivity index (χ2v) is 5.03. The molecule has 116 valence electrons. The molecular formula is C15H23N3O3. The molecule has 1 aromatic rings. The zero-order valence-electron chi connectivity index (χ0n) is 12.6. The van der Waals surface area contributed by atoms with Gasteiger partial charge < -0.3 is 20.5 Å². The number of amides is 1. The molecule has 1 saturated heterocycles. The first-order valence-electron chi connectivity index (χ1n) is 7.08. The molecule has 0 saturated carbocycles. The standard InChI is InChI=1S/C15H23N3O3/c1-17-15(19)13-10-21-6-5-18(13)9-11-3-4-14(20-2)12(7-11)8-16/h3-4,7,13H,5-6,8-10,16H2,1-2H3,(H,17,19). The summed E-state index contributed by atoms with van der Waals surface area (Å²) in [5.74, 6) is 0.785. The van der Waals surface area contributed by atoms with E-state index in [9.17, 15) is 4.79 Å². The van der Waals surface area contributed by atoms with Gasteiger partial charge in [0.25, 0.3) is 0 Å². The van der Waals surface area contributed by atoms with Gasteiger partial charge in [0, 0.05) is 32.2 Å². The van der Waals surface area contributed by atoms with E-state index in [-0.39, 0.29) is 11.9 Å². The molecular weight excluding hydrogens is 270 g/mol. The van der Waals surface area contributed by atoms with Crippen molar-refractivity contribution in [1.82, 2.24) is 10.2 Å². The van der Waals surface area contributed by atoms with Crippen LogP contribution in [0.4, 0.5) is 0 Å². The summed E-state index contributed by atoms with van der Waals surface area (Å²) in [7, 11) is 3.28. The molecule has 3 N–H and O–H groups in total. The maximum absolute atomic E-state index is 11.9. The van der Waals surface area contributed by atoms with Crippen LogP contribution in [-0.4, -0.2) is 50.8 Å². The zero-order valence-corrected chi connectivity index (χ0v) is 12.6. The van der Waals surface area contributed by atoms with Crippen molar-refractivity contribution in [3.8, 4) is 5.75 Å². The largest absolute Gasteiger partial charge is 0.496 e. The van der Waals surface area contributed by atoms with Gasteiger partial charge in [0.15, 0.2) is 0 Å². The van der Waals surface area contributed by atoms with Crippen LogP contribution in [0, 0.1) is 0 Å². The van der Waals surface area contributed by atoms with Gasteiger partial charge >= 0.3 is 0 Å². The Hall–Kier alpha value is -1.63. The van der Waals surface area contributed by atoms with Gasteiger partial charge in [0.2, 0.25) is 5.91 Å². The predicted octanol–water partition coefficient (Wildman–Crippen LogP) is 0.101. The van der Waals surface area contributed by atoms with Crippen LogP contribution >= 0.6 is 0 Å². The van der Waals surface area contributed by atoms with Crippen LogP contribution in [0.5, 0.6) is 5.75 Å². The fraction of sp³-hybridized carbons (Fsp3) is 0.533. The smallest absolute Gasteiger partial charge is 0.239 e. The molecule has 0 aromatic heterocycles. The molecule has 6 nitrogen and oxygen atoms in total. The number of hydrogen-bond donors (Lipinski definition) is 2. The minimum Gasteiger partial charge on any atom is -0.496 e. The number of likely N-dealkylation sites (N-methyl/N-ethyl adjacent to an activating group) is 1. The quantitative estimate of drug-likeness (QED) is 0.805. The molecule has 1 aliphatic rings. The average Bonchev–Trinajstić information content (AvgIpc) is 2.54. The Morgan fingerprint density at radius 1 is 1.57 bits per heavy atom. The Labute approximate surface area is 125 Å². The van der Waals surface area contributed by atoms with Crippen LogP contribution in [0.15, 0.2) is 18.2 Å². The third kappa shape index (κ3) is 3.72. The van der Waals surface area contributed by atoms with Crippen molar-refractivity contribution < 1.29 is 14.3 Å². The second kappa shape index (κ2) is 7.40. The molecule has 1 aliphatic heterocycles. The van der Waals surface area contributed by atoms with E-state index >= 15 is 0 Å². The van der Waals surface area contributed by atoms with Crippen LogP contribution in [-0.2, 0) is 22.6 Å². The molecule has 1 heterocycles. The summed E-state index contributed by atoms with van der Waals surface area (Å²) in [4.78, 5) is 14.0. The van der Waals surface area contributed by atoms with Crippen molar-refractivity contribution in [3.63, 3.8) is 0 Å². The number of morpholine rings is 1. The third-order valence-electron chi connectivity index (χ3n) is 3.74. The number of benzene rings is 1. The number of methoxy groups -OCH3 is 1. The van der Waals surface area contributed by atoms with Gasteiger partial charge in [-0.3, -0.25) is 9.69 Å². The molecule has 0 bridgehead atoms. The van der Waals surface area contributed by atoms with Crippen LogP contribution in [0.3, 0.4) is 0 Å². The van der Waals surface area contributed by atoms with Gasteiger partial charge in [-0.1, -0.05) is 6.07 Å². The highest BCUT2D eigenvalue weighted by molar-refractivity contribution is 5.81. The first-order chi connectivity index (χ1) is 10.2. The zero-order chi connectivity index (χ0) is 15.2. The highest BCUT2D eigenvalue weighted by Gasteiger charge is 2.28. The van der Waals surface area contributed by atoms with E-state index < -0.39 is 0 Å². The summed E-state index contributed by atoms with van der Waals surface area (Å²) >= 11 is 0. The minimum atomic E-state index is -0.243. The lowest BCUT2D eigenvalue weighted by molar-refractivity contribution is -0.132. The monoisotopic (exact) mass is 293 g/mol. The molecule has 2 rings (SSSR count). The van der Waals surface area contributed by atoms with E-state index in [0.29, 0.717) is 26.3 Å². The van der Waals surface area contributed by atoms with Gasteiger partial charge in [0.05, 0.1) is 20.3 Å². The Kier molecular flexibility index (Phi) is 5.55. The van der Waals surface area contributed by atoms with Gasteiger partial charge in [-0.25, -0.2) is 0 Å². The van der Waals surface area contributed by atoms with E-state index in [0.717, 1.165) is 23.4 Å². The predicted molar refractivity (Wildman–Crippen MR) is 80.0 cm³/mol. The second-order valence-electron chi connectivity index (χ2n) is 5.03. The number of carbonyl (C=O) groups is 1. The van der Waals surface area contributed by atoms with Crippen LogP contribution in [0.1, 0.15) is 11.1 Å². The van der Waals surface area contributed by atoms with E-state index in [1.807, 2.05) is 18.2 Å². The molecule has 1 amide bonds. The summed E-state index contributed by atoms with van der Waals surface area (Å²) < 4.78 is 10.7. The average molecular weight is 293 g/mol. The SMILES string of the molecule is CNC(=O)C1COCCN1Cc1ccc(OC)c(CN)c1. The van der Waals surface area contributed by atoms with Crippen molar-refractivity contribution in [3.05, 3.63) is 29.3 Å². The molecule has 0 spiro atoms. The van der Waals surface area contributed by atoms with Gasteiger partial charge in [-0.15, -0.1) is 0 Å². The lowest BCUT2D eigenvalue weighted by atomic mass is 10.1. The highest BCUT2D eigenvalue weighted by Crippen LogP contribution is 2.21.